The maximum Gasteiger partial charge on any atom is 0.237 e. The fraction of sp³-hybridized carbons (Fsp3) is 0. The van der Waals surface area contributed by atoms with E-state index in [4.69, 9.17) is 19.9 Å². The minimum Gasteiger partial charge on any atom is -0.297 e. The predicted molar refractivity (Wildman–Crippen MR) is 151 cm³/mol. The Morgan fingerprint density at radius 3 is 2.00 bits per heavy atom. The number of hydrogen-bond donors (Lipinski definition) is 0. The molecule has 6 heteroatoms. The van der Waals surface area contributed by atoms with Gasteiger partial charge in [0.1, 0.15) is 17.0 Å². The molecule has 178 valence electrons. The van der Waals surface area contributed by atoms with Crippen LogP contribution in [0.15, 0.2) is 121 Å². The Morgan fingerprint density at radius 2 is 1.18 bits per heavy atom. The van der Waals surface area contributed by atoms with Gasteiger partial charge in [0.25, 0.3) is 0 Å². The molecule has 38 heavy (non-hydrogen) atoms. The van der Waals surface area contributed by atoms with Crippen molar-refractivity contribution in [3.63, 3.8) is 0 Å². The zero-order valence-corrected chi connectivity index (χ0v) is 20.2. The van der Waals surface area contributed by atoms with Crippen molar-refractivity contribution in [2.24, 2.45) is 0 Å². The summed E-state index contributed by atoms with van der Waals surface area (Å²) in [4.78, 5) is 20.2. The van der Waals surface area contributed by atoms with Gasteiger partial charge in [0.05, 0.1) is 27.8 Å². The number of aromatic nitrogens is 6. The highest BCUT2D eigenvalue weighted by atomic mass is 15.2. The van der Waals surface area contributed by atoms with Crippen LogP contribution in [0.5, 0.6) is 0 Å². The Bertz CT molecular complexity index is 2120. The quantitative estimate of drug-likeness (QED) is 0.266. The zero-order valence-electron chi connectivity index (χ0n) is 20.2. The summed E-state index contributed by atoms with van der Waals surface area (Å²) < 4.78 is 4.16. The van der Waals surface area contributed by atoms with E-state index >= 15 is 0 Å². The second-order valence-electron chi connectivity index (χ2n) is 9.26. The number of benzene rings is 4. The van der Waals surface area contributed by atoms with Crippen LogP contribution in [0.3, 0.4) is 0 Å². The van der Waals surface area contributed by atoms with Crippen LogP contribution < -0.4 is 0 Å². The first-order valence-corrected chi connectivity index (χ1v) is 12.5. The molecule has 0 atom stereocenters. The molecule has 0 aliphatic rings. The summed E-state index contributed by atoms with van der Waals surface area (Å²) in [6.45, 7) is 0. The van der Waals surface area contributed by atoms with E-state index in [1.54, 1.807) is 0 Å². The second-order valence-corrected chi connectivity index (χ2v) is 9.26. The largest absolute Gasteiger partial charge is 0.297 e. The van der Waals surface area contributed by atoms with Gasteiger partial charge in [-0.3, -0.25) is 8.97 Å². The highest BCUT2D eigenvalue weighted by Gasteiger charge is 2.20. The van der Waals surface area contributed by atoms with E-state index in [0.717, 1.165) is 61.3 Å². The fourth-order valence-corrected chi connectivity index (χ4v) is 5.19. The smallest absolute Gasteiger partial charge is 0.237 e. The molecule has 0 bridgehead atoms. The molecule has 0 amide bonds. The topological polar surface area (TPSA) is 60.9 Å². The van der Waals surface area contributed by atoms with Crippen molar-refractivity contribution in [1.82, 2.24) is 28.9 Å². The van der Waals surface area contributed by atoms with E-state index in [0.29, 0.717) is 5.95 Å². The highest BCUT2D eigenvalue weighted by molar-refractivity contribution is 5.94. The molecule has 4 aromatic heterocycles. The molecule has 6 nitrogen and oxygen atoms in total. The number of para-hydroxylation sites is 3. The van der Waals surface area contributed by atoms with Gasteiger partial charge < -0.3 is 0 Å². The van der Waals surface area contributed by atoms with E-state index in [1.165, 1.54) is 0 Å². The van der Waals surface area contributed by atoms with Crippen LogP contribution in [0, 0.1) is 0 Å². The summed E-state index contributed by atoms with van der Waals surface area (Å²) in [7, 11) is 0. The Hall–Kier alpha value is -5.36. The van der Waals surface area contributed by atoms with E-state index < -0.39 is 0 Å². The minimum absolute atomic E-state index is 0.573. The van der Waals surface area contributed by atoms with Gasteiger partial charge in [-0.1, -0.05) is 91.0 Å². The van der Waals surface area contributed by atoms with Crippen LogP contribution >= 0.6 is 0 Å². The van der Waals surface area contributed by atoms with E-state index in [9.17, 15) is 0 Å². The summed E-state index contributed by atoms with van der Waals surface area (Å²) in [6.07, 6.45) is 2.06. The molecule has 0 unspecified atom stereocenters. The molecule has 8 rings (SSSR count). The minimum atomic E-state index is 0.573. The van der Waals surface area contributed by atoms with Crippen molar-refractivity contribution in [2.75, 3.05) is 0 Å². The lowest BCUT2D eigenvalue weighted by Gasteiger charge is -2.12. The molecule has 0 aliphatic heterocycles. The van der Waals surface area contributed by atoms with E-state index in [1.807, 2.05) is 72.8 Å². The summed E-state index contributed by atoms with van der Waals surface area (Å²) in [5.74, 6) is 1.36. The first-order valence-electron chi connectivity index (χ1n) is 12.5. The number of rotatable bonds is 3. The van der Waals surface area contributed by atoms with Gasteiger partial charge in [0.2, 0.25) is 5.95 Å². The molecule has 4 aromatic carbocycles. The lowest BCUT2D eigenvalue weighted by Crippen LogP contribution is -2.05. The molecule has 0 fully saturated rings. The van der Waals surface area contributed by atoms with Gasteiger partial charge in [0, 0.05) is 28.8 Å². The first kappa shape index (κ1) is 20.8. The monoisotopic (exact) mass is 488 g/mol. The maximum absolute atomic E-state index is 5.16. The molecular weight excluding hydrogens is 468 g/mol. The molecule has 0 radical (unpaired) electrons. The Labute approximate surface area is 217 Å². The Balaban J connectivity index is 1.49. The molecule has 0 saturated heterocycles. The van der Waals surface area contributed by atoms with E-state index in [2.05, 4.69) is 57.6 Å². The highest BCUT2D eigenvalue weighted by Crippen LogP contribution is 2.32. The number of fused-ring (bicyclic) bond motifs is 5. The molecule has 8 aromatic rings. The van der Waals surface area contributed by atoms with Crippen LogP contribution in [-0.2, 0) is 0 Å². The number of hydrogen-bond acceptors (Lipinski definition) is 4. The van der Waals surface area contributed by atoms with Crippen molar-refractivity contribution in [3.05, 3.63) is 121 Å². The SMILES string of the molecule is c1ccc(-c2nc(-n3c(-c4ccccc4)nc4cn5c(cc43)nc3ccccc35)nc3ccccc23)cc1. The van der Waals surface area contributed by atoms with Crippen molar-refractivity contribution in [2.45, 2.75) is 0 Å². The predicted octanol–water partition coefficient (Wildman–Crippen LogP) is 7.10. The summed E-state index contributed by atoms with van der Waals surface area (Å²) in [6, 6.07) is 38.8. The summed E-state index contributed by atoms with van der Waals surface area (Å²) in [5, 5.41) is 1.01. The average Bonchev–Trinajstić information content (AvgIpc) is 3.54. The number of pyridine rings is 1. The number of nitrogens with zero attached hydrogens (tertiary/aromatic N) is 6. The lowest BCUT2D eigenvalue weighted by atomic mass is 10.1. The third-order valence-electron chi connectivity index (χ3n) is 6.95. The van der Waals surface area contributed by atoms with Gasteiger partial charge in [-0.05, 0) is 18.2 Å². The van der Waals surface area contributed by atoms with Crippen molar-refractivity contribution in [3.8, 4) is 28.6 Å². The van der Waals surface area contributed by atoms with Gasteiger partial charge in [-0.15, -0.1) is 0 Å². The molecule has 4 heterocycles. The Morgan fingerprint density at radius 1 is 0.500 bits per heavy atom. The summed E-state index contributed by atoms with van der Waals surface area (Å²) in [5.41, 5.74) is 8.40. The lowest BCUT2D eigenvalue weighted by molar-refractivity contribution is 0.976. The van der Waals surface area contributed by atoms with Crippen LogP contribution in [0.25, 0.3) is 67.2 Å². The van der Waals surface area contributed by atoms with Gasteiger partial charge >= 0.3 is 0 Å². The molecule has 0 aliphatic carbocycles. The first-order chi connectivity index (χ1) is 18.8. The van der Waals surface area contributed by atoms with Crippen molar-refractivity contribution >= 4 is 38.6 Å². The Kier molecular flexibility index (Phi) is 4.42. The molecular formula is C32H20N6. The van der Waals surface area contributed by atoms with Gasteiger partial charge in [-0.25, -0.2) is 19.9 Å². The summed E-state index contributed by atoms with van der Waals surface area (Å²) >= 11 is 0. The molecule has 0 saturated carbocycles. The normalized spacial score (nSPS) is 11.7. The second kappa shape index (κ2) is 8.08. The number of imidazole rings is 2. The van der Waals surface area contributed by atoms with Crippen LogP contribution in [0.4, 0.5) is 0 Å². The third kappa shape index (κ3) is 3.14. The standard InChI is InChI=1S/C32H20N6/c1-3-11-21(12-4-1)30-23-15-7-8-16-24(23)35-32(36-30)38-28-19-29-33-25-17-9-10-18-27(25)37(29)20-26(28)34-31(38)22-13-5-2-6-14-22/h1-20H. The van der Waals surface area contributed by atoms with Gasteiger partial charge in [-0.2, -0.15) is 0 Å². The van der Waals surface area contributed by atoms with Crippen LogP contribution in [0.2, 0.25) is 0 Å². The molecule has 0 spiro atoms. The van der Waals surface area contributed by atoms with Crippen LogP contribution in [0.1, 0.15) is 0 Å². The van der Waals surface area contributed by atoms with E-state index in [-0.39, 0.29) is 0 Å². The maximum atomic E-state index is 5.16. The van der Waals surface area contributed by atoms with Gasteiger partial charge in [0.15, 0.2) is 0 Å². The molecule has 0 N–H and O–H groups in total. The average molecular weight is 489 g/mol. The van der Waals surface area contributed by atoms with Crippen LogP contribution in [-0.4, -0.2) is 28.9 Å². The fourth-order valence-electron chi connectivity index (χ4n) is 5.19. The zero-order chi connectivity index (χ0) is 25.1. The third-order valence-corrected chi connectivity index (χ3v) is 6.95. The van der Waals surface area contributed by atoms with Crippen molar-refractivity contribution < 1.29 is 0 Å². The van der Waals surface area contributed by atoms with Crippen molar-refractivity contribution in [1.29, 1.82) is 0 Å².